The van der Waals surface area contributed by atoms with Gasteiger partial charge in [-0.1, -0.05) is 24.3 Å². The molecule has 0 radical (unpaired) electrons. The Morgan fingerprint density at radius 2 is 1.41 bits per heavy atom. The summed E-state index contributed by atoms with van der Waals surface area (Å²) in [4.78, 5) is 0. The molecule has 34 heavy (non-hydrogen) atoms. The SMILES string of the molecule is CCOc1ccccc1-c1c(F)c(F)cc(OC(F)(F)c2cccc(F)c2F)c1OC(F)(F)F. The van der Waals surface area contributed by atoms with Gasteiger partial charge in [-0.05, 0) is 25.1 Å². The zero-order valence-electron chi connectivity index (χ0n) is 17.0. The molecule has 0 fully saturated rings. The van der Waals surface area contributed by atoms with E-state index in [-0.39, 0.29) is 18.4 Å². The average molecular weight is 496 g/mol. The van der Waals surface area contributed by atoms with Gasteiger partial charge in [0.05, 0.1) is 12.2 Å². The van der Waals surface area contributed by atoms with E-state index in [1.807, 2.05) is 0 Å². The Morgan fingerprint density at radius 3 is 2.06 bits per heavy atom. The number of benzene rings is 3. The van der Waals surface area contributed by atoms with E-state index in [4.69, 9.17) is 4.74 Å². The van der Waals surface area contributed by atoms with E-state index >= 15 is 0 Å². The molecule has 0 saturated heterocycles. The molecule has 0 aromatic heterocycles. The Labute approximate surface area is 186 Å². The summed E-state index contributed by atoms with van der Waals surface area (Å²) in [7, 11) is 0. The molecule has 0 amide bonds. The molecule has 3 aromatic carbocycles. The number of para-hydroxylation sites is 1. The maximum absolute atomic E-state index is 14.8. The summed E-state index contributed by atoms with van der Waals surface area (Å²) >= 11 is 0. The first-order chi connectivity index (χ1) is 15.9. The summed E-state index contributed by atoms with van der Waals surface area (Å²) < 4.78 is 138. The minimum absolute atomic E-state index is 0.0380. The molecular weight excluding hydrogens is 483 g/mol. The van der Waals surface area contributed by atoms with Crippen LogP contribution in [0.3, 0.4) is 0 Å². The molecular formula is C22H13F9O3. The van der Waals surface area contributed by atoms with Crippen LogP contribution in [0.5, 0.6) is 17.2 Å². The third-order valence-corrected chi connectivity index (χ3v) is 4.32. The third kappa shape index (κ3) is 5.15. The van der Waals surface area contributed by atoms with Gasteiger partial charge in [0, 0.05) is 11.6 Å². The van der Waals surface area contributed by atoms with Gasteiger partial charge in [-0.3, -0.25) is 0 Å². The van der Waals surface area contributed by atoms with Crippen molar-refractivity contribution in [3.8, 4) is 28.4 Å². The molecule has 0 atom stereocenters. The van der Waals surface area contributed by atoms with E-state index in [9.17, 15) is 39.5 Å². The van der Waals surface area contributed by atoms with Crippen molar-refractivity contribution in [1.82, 2.24) is 0 Å². The highest BCUT2D eigenvalue weighted by Gasteiger charge is 2.42. The fourth-order valence-electron chi connectivity index (χ4n) is 3.00. The second-order valence-electron chi connectivity index (χ2n) is 6.57. The Kier molecular flexibility index (Phi) is 6.89. The van der Waals surface area contributed by atoms with Gasteiger partial charge in [0.25, 0.3) is 0 Å². The molecule has 3 aromatic rings. The van der Waals surface area contributed by atoms with Gasteiger partial charge < -0.3 is 14.2 Å². The number of hydrogen-bond donors (Lipinski definition) is 0. The topological polar surface area (TPSA) is 27.7 Å². The van der Waals surface area contributed by atoms with Crippen molar-refractivity contribution >= 4 is 0 Å². The Balaban J connectivity index is 2.27. The lowest BCUT2D eigenvalue weighted by Gasteiger charge is -2.23. The molecule has 12 heteroatoms. The molecule has 3 rings (SSSR count). The zero-order valence-corrected chi connectivity index (χ0v) is 17.0. The van der Waals surface area contributed by atoms with E-state index in [1.54, 1.807) is 0 Å². The lowest BCUT2D eigenvalue weighted by Crippen LogP contribution is -2.26. The minimum Gasteiger partial charge on any atom is -0.493 e. The van der Waals surface area contributed by atoms with E-state index in [0.29, 0.717) is 18.2 Å². The zero-order chi connectivity index (χ0) is 25.3. The van der Waals surface area contributed by atoms with Gasteiger partial charge >= 0.3 is 12.5 Å². The van der Waals surface area contributed by atoms with E-state index < -0.39 is 63.9 Å². The van der Waals surface area contributed by atoms with Crippen molar-refractivity contribution in [2.75, 3.05) is 6.61 Å². The van der Waals surface area contributed by atoms with E-state index in [0.717, 1.165) is 6.07 Å². The Bertz CT molecular complexity index is 1190. The van der Waals surface area contributed by atoms with Crippen molar-refractivity contribution in [2.24, 2.45) is 0 Å². The summed E-state index contributed by atoms with van der Waals surface area (Å²) in [5.41, 5.74) is -3.43. The number of rotatable bonds is 7. The van der Waals surface area contributed by atoms with Gasteiger partial charge in [0.1, 0.15) is 11.3 Å². The summed E-state index contributed by atoms with van der Waals surface area (Å²) in [6, 6.07) is 6.30. The molecule has 0 aliphatic carbocycles. The quantitative estimate of drug-likeness (QED) is 0.321. The normalized spacial score (nSPS) is 11.9. The van der Waals surface area contributed by atoms with Crippen LogP contribution in [0.4, 0.5) is 39.5 Å². The first-order valence-electron chi connectivity index (χ1n) is 9.37. The van der Waals surface area contributed by atoms with Gasteiger partial charge in [-0.25, -0.2) is 17.6 Å². The minimum atomic E-state index is -5.57. The third-order valence-electron chi connectivity index (χ3n) is 4.32. The van der Waals surface area contributed by atoms with E-state index in [2.05, 4.69) is 9.47 Å². The molecule has 3 nitrogen and oxygen atoms in total. The van der Waals surface area contributed by atoms with Crippen LogP contribution in [0.2, 0.25) is 0 Å². The van der Waals surface area contributed by atoms with Crippen molar-refractivity contribution < 1.29 is 53.7 Å². The lowest BCUT2D eigenvalue weighted by molar-refractivity contribution is -0.276. The van der Waals surface area contributed by atoms with Crippen LogP contribution in [0.1, 0.15) is 12.5 Å². The standard InChI is InChI=1S/C22H13F9O3/c1-2-32-15-9-4-3-6-11(15)17-19(26)14(24)10-16(20(17)34-22(29,30)31)33-21(27,28)12-7-5-8-13(23)18(12)25/h3-10H,2H2,1H3. The summed E-state index contributed by atoms with van der Waals surface area (Å²) in [5.74, 6) is -11.1. The maximum Gasteiger partial charge on any atom is 0.573 e. The first kappa shape index (κ1) is 25.1. The largest absolute Gasteiger partial charge is 0.573 e. The smallest absolute Gasteiger partial charge is 0.493 e. The monoisotopic (exact) mass is 496 g/mol. The summed E-state index contributed by atoms with van der Waals surface area (Å²) in [5, 5.41) is 0. The van der Waals surface area contributed by atoms with Crippen LogP contribution in [0, 0.1) is 23.3 Å². The maximum atomic E-state index is 14.8. The molecule has 0 heterocycles. The van der Waals surface area contributed by atoms with Crippen LogP contribution in [0.25, 0.3) is 11.1 Å². The predicted molar refractivity (Wildman–Crippen MR) is 101 cm³/mol. The van der Waals surface area contributed by atoms with Gasteiger partial charge in [-0.2, -0.15) is 8.78 Å². The van der Waals surface area contributed by atoms with Gasteiger partial charge in [-0.15, -0.1) is 13.2 Å². The number of ether oxygens (including phenoxy) is 3. The fraction of sp³-hybridized carbons (Fsp3) is 0.182. The fourth-order valence-corrected chi connectivity index (χ4v) is 3.00. The highest BCUT2D eigenvalue weighted by molar-refractivity contribution is 5.79. The number of hydrogen-bond acceptors (Lipinski definition) is 3. The van der Waals surface area contributed by atoms with E-state index in [1.165, 1.54) is 25.1 Å². The molecule has 0 spiro atoms. The summed E-state index contributed by atoms with van der Waals surface area (Å²) in [6.45, 7) is 1.46. The Morgan fingerprint density at radius 1 is 0.735 bits per heavy atom. The van der Waals surface area contributed by atoms with Gasteiger partial charge in [0.2, 0.25) is 0 Å². The Hall–Kier alpha value is -3.57. The van der Waals surface area contributed by atoms with Crippen molar-refractivity contribution in [1.29, 1.82) is 0 Å². The molecule has 0 aliphatic heterocycles. The predicted octanol–water partition coefficient (Wildman–Crippen LogP) is 7.34. The number of alkyl halides is 5. The van der Waals surface area contributed by atoms with Crippen molar-refractivity contribution in [3.63, 3.8) is 0 Å². The molecule has 0 aliphatic rings. The molecule has 0 unspecified atom stereocenters. The summed E-state index contributed by atoms with van der Waals surface area (Å²) in [6.07, 6.45) is -10.4. The molecule has 0 N–H and O–H groups in total. The molecule has 182 valence electrons. The van der Waals surface area contributed by atoms with Crippen LogP contribution < -0.4 is 14.2 Å². The molecule has 0 saturated carbocycles. The average Bonchev–Trinajstić information content (AvgIpc) is 2.74. The van der Waals surface area contributed by atoms with Gasteiger partial charge in [0.15, 0.2) is 34.8 Å². The second-order valence-corrected chi connectivity index (χ2v) is 6.57. The highest BCUT2D eigenvalue weighted by atomic mass is 19.4. The van der Waals surface area contributed by atoms with Crippen molar-refractivity contribution in [2.45, 2.75) is 19.4 Å². The number of halogens is 9. The van der Waals surface area contributed by atoms with Crippen LogP contribution in [0.15, 0.2) is 48.5 Å². The first-order valence-corrected chi connectivity index (χ1v) is 9.37. The highest BCUT2D eigenvalue weighted by Crippen LogP contribution is 2.48. The van der Waals surface area contributed by atoms with Crippen LogP contribution in [-0.4, -0.2) is 13.0 Å². The van der Waals surface area contributed by atoms with Crippen LogP contribution in [-0.2, 0) is 6.11 Å². The molecule has 0 bridgehead atoms. The van der Waals surface area contributed by atoms with Crippen molar-refractivity contribution in [3.05, 3.63) is 77.4 Å². The lowest BCUT2D eigenvalue weighted by atomic mass is 10.0. The second kappa shape index (κ2) is 9.35. The van der Waals surface area contributed by atoms with Crippen LogP contribution >= 0.6 is 0 Å².